The SMILES string of the molecule is CS(=O)(=O)Nc1ccc(NC(=O)c2cnn(-c3cccc(C(F)(F)F)c3)c2C(F)(F)F)cc1. The number of halogens is 6. The fourth-order valence-corrected chi connectivity index (χ4v) is 3.40. The fourth-order valence-electron chi connectivity index (χ4n) is 2.83. The molecule has 0 atom stereocenters. The number of amides is 1. The van der Waals surface area contributed by atoms with Gasteiger partial charge in [0.25, 0.3) is 5.91 Å². The van der Waals surface area contributed by atoms with Gasteiger partial charge in [-0.15, -0.1) is 0 Å². The van der Waals surface area contributed by atoms with Crippen molar-refractivity contribution in [3.63, 3.8) is 0 Å². The second-order valence-corrected chi connectivity index (χ2v) is 8.52. The van der Waals surface area contributed by atoms with Crippen LogP contribution in [0, 0.1) is 0 Å². The average Bonchev–Trinajstić information content (AvgIpc) is 3.14. The molecular formula is C19H14F6N4O3S. The number of aromatic nitrogens is 2. The Morgan fingerprint density at radius 1 is 0.939 bits per heavy atom. The van der Waals surface area contributed by atoms with E-state index < -0.39 is 50.8 Å². The van der Waals surface area contributed by atoms with Crippen LogP contribution in [0.3, 0.4) is 0 Å². The molecule has 1 aromatic heterocycles. The lowest BCUT2D eigenvalue weighted by molar-refractivity contribution is -0.143. The third kappa shape index (κ3) is 5.83. The molecule has 7 nitrogen and oxygen atoms in total. The molecule has 0 aliphatic heterocycles. The third-order valence-corrected chi connectivity index (χ3v) is 4.75. The van der Waals surface area contributed by atoms with Gasteiger partial charge in [0.2, 0.25) is 10.0 Å². The van der Waals surface area contributed by atoms with Crippen LogP contribution < -0.4 is 10.0 Å². The Bertz CT molecular complexity index is 1280. The second kappa shape index (κ2) is 8.42. The molecule has 2 aromatic carbocycles. The van der Waals surface area contributed by atoms with E-state index in [1.54, 1.807) is 0 Å². The van der Waals surface area contributed by atoms with Gasteiger partial charge in [-0.2, -0.15) is 31.4 Å². The molecule has 1 heterocycles. The van der Waals surface area contributed by atoms with Crippen LogP contribution in [0.4, 0.5) is 37.7 Å². The summed E-state index contributed by atoms with van der Waals surface area (Å²) in [5.41, 5.74) is -4.00. The highest BCUT2D eigenvalue weighted by Gasteiger charge is 2.41. The first-order valence-electron chi connectivity index (χ1n) is 8.87. The molecular weight excluding hydrogens is 478 g/mol. The summed E-state index contributed by atoms with van der Waals surface area (Å²) in [5.74, 6) is -1.22. The van der Waals surface area contributed by atoms with Crippen LogP contribution in [-0.2, 0) is 22.4 Å². The van der Waals surface area contributed by atoms with Gasteiger partial charge in [-0.25, -0.2) is 13.1 Å². The maximum atomic E-state index is 13.7. The summed E-state index contributed by atoms with van der Waals surface area (Å²) in [6.45, 7) is 0. The van der Waals surface area contributed by atoms with Gasteiger partial charge >= 0.3 is 12.4 Å². The van der Waals surface area contributed by atoms with Crippen molar-refractivity contribution in [1.82, 2.24) is 9.78 Å². The van der Waals surface area contributed by atoms with Crippen LogP contribution in [0.2, 0.25) is 0 Å². The molecule has 0 bridgehead atoms. The quantitative estimate of drug-likeness (QED) is 0.512. The van der Waals surface area contributed by atoms with Crippen LogP contribution in [0.1, 0.15) is 21.6 Å². The van der Waals surface area contributed by atoms with E-state index in [1.165, 1.54) is 24.3 Å². The van der Waals surface area contributed by atoms with Crippen molar-refractivity contribution >= 4 is 27.3 Å². The smallest absolute Gasteiger partial charge is 0.322 e. The summed E-state index contributed by atoms with van der Waals surface area (Å²) < 4.78 is 105. The Hall–Kier alpha value is -3.55. The van der Waals surface area contributed by atoms with Gasteiger partial charge in [-0.1, -0.05) is 6.07 Å². The van der Waals surface area contributed by atoms with Gasteiger partial charge < -0.3 is 5.32 Å². The predicted octanol–water partition coefficient (Wildman–Crippen LogP) is 4.53. The van der Waals surface area contributed by atoms with Gasteiger partial charge in [0, 0.05) is 11.4 Å². The van der Waals surface area contributed by atoms with Gasteiger partial charge in [0.15, 0.2) is 5.69 Å². The number of alkyl halides is 6. The van der Waals surface area contributed by atoms with E-state index in [2.05, 4.69) is 15.1 Å². The molecule has 0 saturated heterocycles. The summed E-state index contributed by atoms with van der Waals surface area (Å²) in [5, 5.41) is 5.70. The number of anilines is 2. The van der Waals surface area contributed by atoms with Crippen molar-refractivity contribution in [2.75, 3.05) is 16.3 Å². The molecule has 0 saturated carbocycles. The van der Waals surface area contributed by atoms with Gasteiger partial charge in [0.05, 0.1) is 29.3 Å². The van der Waals surface area contributed by atoms with Crippen LogP contribution in [0.25, 0.3) is 5.69 Å². The largest absolute Gasteiger partial charge is 0.434 e. The van der Waals surface area contributed by atoms with E-state index in [-0.39, 0.29) is 16.1 Å². The first-order chi connectivity index (χ1) is 15.1. The van der Waals surface area contributed by atoms with Gasteiger partial charge in [0.1, 0.15) is 0 Å². The minimum atomic E-state index is -5.12. The lowest BCUT2D eigenvalue weighted by atomic mass is 10.1. The highest BCUT2D eigenvalue weighted by atomic mass is 32.2. The second-order valence-electron chi connectivity index (χ2n) is 6.77. The number of benzene rings is 2. The van der Waals surface area contributed by atoms with E-state index >= 15 is 0 Å². The number of nitrogens with one attached hydrogen (secondary N) is 2. The number of hydrogen-bond donors (Lipinski definition) is 2. The molecule has 33 heavy (non-hydrogen) atoms. The summed E-state index contributed by atoms with van der Waals surface area (Å²) in [6, 6.07) is 8.12. The first-order valence-corrected chi connectivity index (χ1v) is 10.8. The lowest BCUT2D eigenvalue weighted by Crippen LogP contribution is -2.21. The van der Waals surface area contributed by atoms with E-state index in [9.17, 15) is 39.6 Å². The highest BCUT2D eigenvalue weighted by molar-refractivity contribution is 7.92. The molecule has 3 rings (SSSR count). The standard InChI is InChI=1S/C19H14F6N4O3S/c1-33(31,32)28-13-7-5-12(6-8-13)27-17(30)15-10-26-29(16(15)19(23,24)25)14-4-2-3-11(9-14)18(20,21)22/h2-10,28H,1H3,(H,27,30). The number of hydrogen-bond acceptors (Lipinski definition) is 4. The zero-order chi connectivity index (χ0) is 24.6. The Labute approximate surface area is 183 Å². The molecule has 0 spiro atoms. The number of carbonyl (C=O) groups excluding carboxylic acids is 1. The van der Waals surface area contributed by atoms with Crippen molar-refractivity contribution in [2.24, 2.45) is 0 Å². The lowest BCUT2D eigenvalue weighted by Gasteiger charge is -2.14. The molecule has 1 amide bonds. The number of sulfonamides is 1. The first kappa shape index (κ1) is 24.1. The van der Waals surface area contributed by atoms with E-state index in [1.807, 2.05) is 0 Å². The van der Waals surface area contributed by atoms with Crippen molar-refractivity contribution in [3.05, 3.63) is 71.5 Å². The third-order valence-electron chi connectivity index (χ3n) is 4.15. The Kier molecular flexibility index (Phi) is 6.15. The van der Waals surface area contributed by atoms with Crippen molar-refractivity contribution in [1.29, 1.82) is 0 Å². The topological polar surface area (TPSA) is 93.1 Å². The molecule has 0 radical (unpaired) electrons. The summed E-state index contributed by atoms with van der Waals surface area (Å²) in [4.78, 5) is 12.5. The highest BCUT2D eigenvalue weighted by Crippen LogP contribution is 2.35. The fraction of sp³-hybridized carbons (Fsp3) is 0.158. The molecule has 0 aliphatic rings. The van der Waals surface area contributed by atoms with Crippen LogP contribution in [0.5, 0.6) is 0 Å². The number of rotatable bonds is 5. The zero-order valence-corrected chi connectivity index (χ0v) is 17.3. The van der Waals surface area contributed by atoms with E-state index in [4.69, 9.17) is 0 Å². The van der Waals surface area contributed by atoms with Crippen molar-refractivity contribution in [3.8, 4) is 5.69 Å². The Balaban J connectivity index is 1.95. The van der Waals surface area contributed by atoms with Gasteiger partial charge in [-0.3, -0.25) is 9.52 Å². The minimum Gasteiger partial charge on any atom is -0.322 e. The zero-order valence-electron chi connectivity index (χ0n) is 16.5. The normalized spacial score (nSPS) is 12.5. The monoisotopic (exact) mass is 492 g/mol. The molecule has 2 N–H and O–H groups in total. The number of carbonyl (C=O) groups is 1. The predicted molar refractivity (Wildman–Crippen MR) is 106 cm³/mol. The molecule has 0 fully saturated rings. The summed E-state index contributed by atoms with van der Waals surface area (Å²) in [6.07, 6.45) is -8.40. The summed E-state index contributed by atoms with van der Waals surface area (Å²) in [7, 11) is -3.56. The van der Waals surface area contributed by atoms with Crippen LogP contribution in [-0.4, -0.2) is 30.4 Å². The molecule has 14 heteroatoms. The molecule has 3 aromatic rings. The van der Waals surface area contributed by atoms with Crippen molar-refractivity contribution in [2.45, 2.75) is 12.4 Å². The Morgan fingerprint density at radius 2 is 1.55 bits per heavy atom. The maximum absolute atomic E-state index is 13.7. The minimum absolute atomic E-state index is 0.0407. The van der Waals surface area contributed by atoms with Crippen LogP contribution in [0.15, 0.2) is 54.7 Å². The van der Waals surface area contributed by atoms with E-state index in [0.29, 0.717) is 18.3 Å². The Morgan fingerprint density at radius 3 is 2.09 bits per heavy atom. The molecule has 0 aliphatic carbocycles. The summed E-state index contributed by atoms with van der Waals surface area (Å²) >= 11 is 0. The van der Waals surface area contributed by atoms with E-state index in [0.717, 1.165) is 18.4 Å². The molecule has 176 valence electrons. The molecule has 0 unspecified atom stereocenters. The maximum Gasteiger partial charge on any atom is 0.434 e. The van der Waals surface area contributed by atoms with Crippen molar-refractivity contribution < 1.29 is 39.6 Å². The van der Waals surface area contributed by atoms with Crippen LogP contribution >= 0.6 is 0 Å². The average molecular weight is 492 g/mol. The number of nitrogens with zero attached hydrogens (tertiary/aromatic N) is 2. The van der Waals surface area contributed by atoms with Gasteiger partial charge in [-0.05, 0) is 42.5 Å².